The minimum atomic E-state index is -1.32. The summed E-state index contributed by atoms with van der Waals surface area (Å²) in [4.78, 5) is 22.9. The van der Waals surface area contributed by atoms with E-state index in [4.69, 9.17) is 19.0 Å². The lowest BCUT2D eigenvalue weighted by molar-refractivity contribution is -0.151. The number of aryl methyl sites for hydroxylation is 1. The molecule has 4 rings (SSSR count). The molecule has 44 heavy (non-hydrogen) atoms. The van der Waals surface area contributed by atoms with Crippen molar-refractivity contribution in [2.45, 2.75) is 52.1 Å². The monoisotopic (exact) mass is 610 g/mol. The SMILES string of the molecule is CC(=NOCCOc1ccc(CC(Oc2ccc(C)cc2)C(=O)OCC[Si](C)(C)C)cc1)c1ccc(-c2ccccn2)cc1. The van der Waals surface area contributed by atoms with Crippen LogP contribution in [0.4, 0.5) is 0 Å². The third kappa shape index (κ3) is 10.7. The summed E-state index contributed by atoms with van der Waals surface area (Å²) in [6, 6.07) is 30.2. The minimum Gasteiger partial charge on any atom is -0.490 e. The molecule has 0 saturated carbocycles. The minimum absolute atomic E-state index is 0.306. The van der Waals surface area contributed by atoms with Crippen molar-refractivity contribution in [1.82, 2.24) is 4.98 Å². The molecule has 0 bridgehead atoms. The third-order valence-electron chi connectivity index (χ3n) is 6.91. The van der Waals surface area contributed by atoms with Gasteiger partial charge in [-0.3, -0.25) is 4.98 Å². The highest BCUT2D eigenvalue weighted by Crippen LogP contribution is 2.20. The second-order valence-electron chi connectivity index (χ2n) is 11.9. The number of benzene rings is 3. The van der Waals surface area contributed by atoms with Gasteiger partial charge in [0.2, 0.25) is 0 Å². The van der Waals surface area contributed by atoms with E-state index in [0.717, 1.165) is 39.7 Å². The largest absolute Gasteiger partial charge is 0.490 e. The molecule has 7 nitrogen and oxygen atoms in total. The lowest BCUT2D eigenvalue weighted by atomic mass is 10.1. The highest BCUT2D eigenvalue weighted by Gasteiger charge is 2.24. The van der Waals surface area contributed by atoms with Gasteiger partial charge in [-0.15, -0.1) is 0 Å². The Morgan fingerprint density at radius 1 is 0.841 bits per heavy atom. The summed E-state index contributed by atoms with van der Waals surface area (Å²) in [5, 5.41) is 4.23. The number of esters is 1. The fourth-order valence-electron chi connectivity index (χ4n) is 4.25. The fraction of sp³-hybridized carbons (Fsp3) is 0.306. The summed E-state index contributed by atoms with van der Waals surface area (Å²) in [6.45, 7) is 11.8. The molecule has 0 aliphatic rings. The van der Waals surface area contributed by atoms with Crippen LogP contribution in [0.5, 0.6) is 11.5 Å². The van der Waals surface area contributed by atoms with Gasteiger partial charge in [0, 0.05) is 26.3 Å². The van der Waals surface area contributed by atoms with Gasteiger partial charge in [0.1, 0.15) is 18.1 Å². The Labute approximate surface area is 261 Å². The van der Waals surface area contributed by atoms with Crippen molar-refractivity contribution in [2.24, 2.45) is 5.16 Å². The summed E-state index contributed by atoms with van der Waals surface area (Å²) in [5.41, 5.74) is 5.81. The average Bonchev–Trinajstić information content (AvgIpc) is 3.02. The highest BCUT2D eigenvalue weighted by molar-refractivity contribution is 6.76. The Hall–Kier alpha value is -4.43. The first-order valence-electron chi connectivity index (χ1n) is 15.0. The number of nitrogens with zero attached hydrogens (tertiary/aromatic N) is 2. The maximum absolute atomic E-state index is 13.0. The average molecular weight is 611 g/mol. The van der Waals surface area contributed by atoms with Gasteiger partial charge in [-0.2, -0.15) is 0 Å². The van der Waals surface area contributed by atoms with E-state index in [-0.39, 0.29) is 5.97 Å². The van der Waals surface area contributed by atoms with Crippen molar-refractivity contribution in [3.8, 4) is 22.8 Å². The Morgan fingerprint density at radius 2 is 1.55 bits per heavy atom. The zero-order valence-corrected chi connectivity index (χ0v) is 27.3. The Kier molecular flexibility index (Phi) is 11.7. The van der Waals surface area contributed by atoms with Crippen LogP contribution in [0.3, 0.4) is 0 Å². The van der Waals surface area contributed by atoms with E-state index < -0.39 is 14.2 Å². The molecule has 0 radical (unpaired) electrons. The molecule has 0 fully saturated rings. The van der Waals surface area contributed by atoms with Gasteiger partial charge in [-0.1, -0.05) is 85.0 Å². The third-order valence-corrected chi connectivity index (χ3v) is 8.62. The van der Waals surface area contributed by atoms with E-state index in [9.17, 15) is 4.79 Å². The van der Waals surface area contributed by atoms with Crippen molar-refractivity contribution in [3.63, 3.8) is 0 Å². The van der Waals surface area contributed by atoms with Crippen LogP contribution in [0.15, 0.2) is 102 Å². The first kappa shape index (κ1) is 32.5. The van der Waals surface area contributed by atoms with Crippen LogP contribution < -0.4 is 9.47 Å². The van der Waals surface area contributed by atoms with Gasteiger partial charge in [0.15, 0.2) is 12.7 Å². The molecular weight excluding hydrogens is 568 g/mol. The van der Waals surface area contributed by atoms with E-state index in [1.54, 1.807) is 6.20 Å². The predicted molar refractivity (Wildman–Crippen MR) is 178 cm³/mol. The molecule has 0 N–H and O–H groups in total. The van der Waals surface area contributed by atoms with Crippen molar-refractivity contribution >= 4 is 19.8 Å². The zero-order valence-electron chi connectivity index (χ0n) is 26.3. The Morgan fingerprint density at radius 3 is 2.20 bits per heavy atom. The zero-order chi connectivity index (χ0) is 31.4. The van der Waals surface area contributed by atoms with Gasteiger partial charge >= 0.3 is 5.97 Å². The highest BCUT2D eigenvalue weighted by atomic mass is 28.3. The molecule has 3 aromatic carbocycles. The second kappa shape index (κ2) is 15.9. The van der Waals surface area contributed by atoms with Gasteiger partial charge in [-0.05, 0) is 67.4 Å². The molecule has 8 heteroatoms. The molecule has 4 aromatic rings. The van der Waals surface area contributed by atoms with Crippen LogP contribution in [0.1, 0.15) is 23.6 Å². The van der Waals surface area contributed by atoms with Gasteiger partial charge < -0.3 is 19.0 Å². The molecule has 0 aliphatic heterocycles. The van der Waals surface area contributed by atoms with Crippen molar-refractivity contribution < 1.29 is 23.8 Å². The Bertz CT molecular complexity index is 1480. The molecule has 1 unspecified atom stereocenters. The molecule has 1 heterocycles. The summed E-state index contributed by atoms with van der Waals surface area (Å²) in [6.07, 6.45) is 1.43. The standard InChI is InChI=1S/C36H42N2O5Si/c1-27-9-17-33(18-10-27)43-35(36(39)41-24-25-44(3,4)5)26-29-11-19-32(20-12-29)40-22-23-42-38-28(2)30-13-15-31(16-14-30)34-8-6-7-21-37-34/h6-21,35H,22-26H2,1-5H3. The molecule has 230 valence electrons. The van der Waals surface area contributed by atoms with Gasteiger partial charge in [0.05, 0.1) is 18.0 Å². The topological polar surface area (TPSA) is 79.2 Å². The Balaban J connectivity index is 1.26. The molecule has 0 aliphatic carbocycles. The second-order valence-corrected chi connectivity index (χ2v) is 17.5. The van der Waals surface area contributed by atoms with Crippen LogP contribution in [-0.4, -0.2) is 50.7 Å². The van der Waals surface area contributed by atoms with Crippen molar-refractivity contribution in [3.05, 3.63) is 114 Å². The van der Waals surface area contributed by atoms with Crippen LogP contribution >= 0.6 is 0 Å². The van der Waals surface area contributed by atoms with Crippen LogP contribution in [0.25, 0.3) is 11.3 Å². The number of ether oxygens (including phenoxy) is 3. The summed E-state index contributed by atoms with van der Waals surface area (Å²) >= 11 is 0. The number of carbonyl (C=O) groups is 1. The van der Waals surface area contributed by atoms with E-state index in [1.165, 1.54) is 0 Å². The van der Waals surface area contributed by atoms with Gasteiger partial charge in [-0.25, -0.2) is 4.79 Å². The first-order valence-corrected chi connectivity index (χ1v) is 18.7. The smallest absolute Gasteiger partial charge is 0.347 e. The molecule has 0 spiro atoms. The van der Waals surface area contributed by atoms with Crippen LogP contribution in [0, 0.1) is 6.92 Å². The summed E-state index contributed by atoms with van der Waals surface area (Å²) in [7, 11) is -1.32. The first-order chi connectivity index (χ1) is 21.2. The maximum atomic E-state index is 13.0. The molecule has 1 aromatic heterocycles. The van der Waals surface area contributed by atoms with E-state index in [1.807, 2.05) is 105 Å². The number of oxime groups is 1. The summed E-state index contributed by atoms with van der Waals surface area (Å²) in [5.74, 6) is 1.00. The van der Waals surface area contributed by atoms with Crippen molar-refractivity contribution in [1.29, 1.82) is 0 Å². The maximum Gasteiger partial charge on any atom is 0.347 e. The number of hydrogen-bond donors (Lipinski definition) is 0. The molecule has 0 amide bonds. The fourth-order valence-corrected chi connectivity index (χ4v) is 4.96. The van der Waals surface area contributed by atoms with E-state index >= 15 is 0 Å². The van der Waals surface area contributed by atoms with Crippen LogP contribution in [-0.2, 0) is 20.8 Å². The molecular formula is C36H42N2O5Si. The number of carbonyl (C=O) groups excluding carboxylic acids is 1. The number of aromatic nitrogens is 1. The lowest BCUT2D eigenvalue weighted by Crippen LogP contribution is -2.33. The molecule has 0 saturated heterocycles. The quantitative estimate of drug-likeness (QED) is 0.0450. The van der Waals surface area contributed by atoms with E-state index in [0.29, 0.717) is 37.7 Å². The number of rotatable bonds is 15. The van der Waals surface area contributed by atoms with Crippen LogP contribution in [0.2, 0.25) is 25.7 Å². The number of hydrogen-bond acceptors (Lipinski definition) is 7. The molecule has 1 atom stereocenters. The predicted octanol–water partition coefficient (Wildman–Crippen LogP) is 7.75. The normalized spacial score (nSPS) is 12.3. The number of pyridine rings is 1. The lowest BCUT2D eigenvalue weighted by Gasteiger charge is -2.20. The summed E-state index contributed by atoms with van der Waals surface area (Å²) < 4.78 is 17.6. The van der Waals surface area contributed by atoms with Gasteiger partial charge in [0.25, 0.3) is 0 Å². The van der Waals surface area contributed by atoms with E-state index in [2.05, 4.69) is 29.8 Å². The van der Waals surface area contributed by atoms with Crippen molar-refractivity contribution in [2.75, 3.05) is 19.8 Å².